The van der Waals surface area contributed by atoms with E-state index >= 15 is 0 Å². The molecule has 0 bridgehead atoms. The van der Waals surface area contributed by atoms with E-state index in [1.165, 1.54) is 0 Å². The van der Waals surface area contributed by atoms with Crippen molar-refractivity contribution in [3.63, 3.8) is 0 Å². The summed E-state index contributed by atoms with van der Waals surface area (Å²) >= 11 is 0. The summed E-state index contributed by atoms with van der Waals surface area (Å²) in [5.74, 6) is 0. The summed E-state index contributed by atoms with van der Waals surface area (Å²) in [7, 11) is 0. The minimum absolute atomic E-state index is 0.102. The topological polar surface area (TPSA) is 47.9 Å². The molecule has 3 rings (SSSR count). The van der Waals surface area contributed by atoms with Crippen LogP contribution in [-0.4, -0.2) is 29.7 Å². The van der Waals surface area contributed by atoms with Gasteiger partial charge in [-0.3, -0.25) is 0 Å². The molecule has 0 aromatic heterocycles. The second kappa shape index (κ2) is 8.40. The van der Waals surface area contributed by atoms with Crippen LogP contribution in [0.1, 0.15) is 24.5 Å². The van der Waals surface area contributed by atoms with E-state index in [2.05, 4.69) is 0 Å². The lowest BCUT2D eigenvalue weighted by Gasteiger charge is -2.37. The SMILES string of the molecule is C[C@H]1OC(O)[C@H](OCc2ccccc2)C[C@H]1OCc1ccccc1. The molecule has 4 atom stereocenters. The van der Waals surface area contributed by atoms with Gasteiger partial charge in [-0.25, -0.2) is 0 Å². The standard InChI is InChI=1S/C20H24O4/c1-15-18(22-13-16-8-4-2-5-9-16)12-19(20(21)24-15)23-14-17-10-6-3-7-11-17/h2-11,15,18-21H,12-14H2,1H3/t15-,18-,19-,20?/m1/s1. The van der Waals surface area contributed by atoms with Gasteiger partial charge in [0, 0.05) is 6.42 Å². The molecular formula is C20H24O4. The van der Waals surface area contributed by atoms with Crippen LogP contribution in [0.3, 0.4) is 0 Å². The van der Waals surface area contributed by atoms with E-state index in [4.69, 9.17) is 14.2 Å². The minimum atomic E-state index is -0.916. The molecule has 1 aliphatic heterocycles. The number of rotatable bonds is 6. The molecule has 1 heterocycles. The largest absolute Gasteiger partial charge is 0.371 e. The summed E-state index contributed by atoms with van der Waals surface area (Å²) in [6, 6.07) is 20.0. The van der Waals surface area contributed by atoms with Gasteiger partial charge < -0.3 is 19.3 Å². The lowest BCUT2D eigenvalue weighted by atomic mass is 10.0. The van der Waals surface area contributed by atoms with Gasteiger partial charge in [0.2, 0.25) is 0 Å². The predicted octanol–water partition coefficient (Wildman–Crippen LogP) is 3.28. The molecule has 1 unspecified atom stereocenters. The van der Waals surface area contributed by atoms with Crippen molar-refractivity contribution in [2.24, 2.45) is 0 Å². The van der Waals surface area contributed by atoms with E-state index in [0.29, 0.717) is 19.6 Å². The Morgan fingerprint density at radius 1 is 0.875 bits per heavy atom. The highest BCUT2D eigenvalue weighted by Gasteiger charge is 2.36. The van der Waals surface area contributed by atoms with Crippen LogP contribution in [0.25, 0.3) is 0 Å². The summed E-state index contributed by atoms with van der Waals surface area (Å²) in [4.78, 5) is 0. The van der Waals surface area contributed by atoms with Gasteiger partial charge in [-0.15, -0.1) is 0 Å². The average Bonchev–Trinajstić information content (AvgIpc) is 2.62. The van der Waals surface area contributed by atoms with Gasteiger partial charge in [0.25, 0.3) is 0 Å². The third kappa shape index (κ3) is 4.65. The van der Waals surface area contributed by atoms with Crippen molar-refractivity contribution in [2.75, 3.05) is 0 Å². The lowest BCUT2D eigenvalue weighted by Crippen LogP contribution is -2.48. The molecule has 2 aromatic rings. The van der Waals surface area contributed by atoms with Crippen molar-refractivity contribution in [1.82, 2.24) is 0 Å². The maximum absolute atomic E-state index is 10.1. The second-order valence-corrected chi connectivity index (χ2v) is 6.14. The van der Waals surface area contributed by atoms with Gasteiger partial charge >= 0.3 is 0 Å². The van der Waals surface area contributed by atoms with E-state index < -0.39 is 6.29 Å². The molecule has 2 aromatic carbocycles. The molecule has 1 fully saturated rings. The number of ether oxygens (including phenoxy) is 3. The van der Waals surface area contributed by atoms with Gasteiger partial charge in [-0.1, -0.05) is 60.7 Å². The third-order valence-corrected chi connectivity index (χ3v) is 4.27. The Kier molecular flexibility index (Phi) is 5.99. The maximum atomic E-state index is 10.1. The molecule has 1 aliphatic rings. The average molecular weight is 328 g/mol. The molecule has 0 saturated carbocycles. The molecule has 0 aliphatic carbocycles. The lowest BCUT2D eigenvalue weighted by molar-refractivity contribution is -0.262. The van der Waals surface area contributed by atoms with Crippen molar-refractivity contribution in [2.45, 2.75) is 51.2 Å². The summed E-state index contributed by atoms with van der Waals surface area (Å²) in [6.07, 6.45) is -0.959. The van der Waals surface area contributed by atoms with Gasteiger partial charge in [-0.2, -0.15) is 0 Å². The van der Waals surface area contributed by atoms with Crippen LogP contribution >= 0.6 is 0 Å². The minimum Gasteiger partial charge on any atom is -0.371 e. The Labute approximate surface area is 143 Å². The number of hydrogen-bond donors (Lipinski definition) is 1. The van der Waals surface area contributed by atoms with E-state index in [1.807, 2.05) is 67.6 Å². The molecule has 1 saturated heterocycles. The molecule has 0 spiro atoms. The van der Waals surface area contributed by atoms with Gasteiger partial charge in [0.1, 0.15) is 6.10 Å². The van der Waals surface area contributed by atoms with Crippen molar-refractivity contribution in [3.05, 3.63) is 71.8 Å². The Morgan fingerprint density at radius 2 is 1.38 bits per heavy atom. The van der Waals surface area contributed by atoms with Crippen LogP contribution in [0, 0.1) is 0 Å². The summed E-state index contributed by atoms with van der Waals surface area (Å²) < 4.78 is 17.4. The fourth-order valence-electron chi connectivity index (χ4n) is 2.84. The third-order valence-electron chi connectivity index (χ3n) is 4.27. The van der Waals surface area contributed by atoms with E-state index in [-0.39, 0.29) is 18.3 Å². The molecule has 0 amide bonds. The number of hydrogen-bond acceptors (Lipinski definition) is 4. The zero-order chi connectivity index (χ0) is 16.8. The predicted molar refractivity (Wildman–Crippen MR) is 91.2 cm³/mol. The summed E-state index contributed by atoms with van der Waals surface area (Å²) in [5.41, 5.74) is 2.20. The van der Waals surface area contributed by atoms with Crippen LogP contribution in [0.2, 0.25) is 0 Å². The molecular weight excluding hydrogens is 304 g/mol. The first-order valence-corrected chi connectivity index (χ1v) is 8.37. The molecule has 4 nitrogen and oxygen atoms in total. The zero-order valence-corrected chi connectivity index (χ0v) is 13.9. The summed E-state index contributed by atoms with van der Waals surface area (Å²) in [6.45, 7) is 2.90. The fraction of sp³-hybridized carbons (Fsp3) is 0.400. The summed E-state index contributed by atoms with van der Waals surface area (Å²) in [5, 5.41) is 10.1. The quantitative estimate of drug-likeness (QED) is 0.884. The van der Waals surface area contributed by atoms with E-state index in [1.54, 1.807) is 0 Å². The van der Waals surface area contributed by atoms with Crippen LogP contribution in [0.15, 0.2) is 60.7 Å². The van der Waals surface area contributed by atoms with Crippen LogP contribution in [0.4, 0.5) is 0 Å². The van der Waals surface area contributed by atoms with Gasteiger partial charge in [0.05, 0.1) is 25.4 Å². The molecule has 24 heavy (non-hydrogen) atoms. The number of aliphatic hydroxyl groups is 1. The molecule has 0 radical (unpaired) electrons. The second-order valence-electron chi connectivity index (χ2n) is 6.14. The zero-order valence-electron chi connectivity index (χ0n) is 13.9. The first-order valence-electron chi connectivity index (χ1n) is 8.37. The molecule has 128 valence electrons. The molecule has 1 N–H and O–H groups in total. The van der Waals surface area contributed by atoms with E-state index in [0.717, 1.165) is 11.1 Å². The van der Waals surface area contributed by atoms with Crippen LogP contribution in [-0.2, 0) is 27.4 Å². The van der Waals surface area contributed by atoms with Gasteiger partial charge in [-0.05, 0) is 18.1 Å². The smallest absolute Gasteiger partial charge is 0.181 e. The van der Waals surface area contributed by atoms with Crippen molar-refractivity contribution in [1.29, 1.82) is 0 Å². The van der Waals surface area contributed by atoms with E-state index in [9.17, 15) is 5.11 Å². The normalized spacial score (nSPS) is 27.1. The highest BCUT2D eigenvalue weighted by molar-refractivity contribution is 5.14. The monoisotopic (exact) mass is 328 g/mol. The fourth-order valence-corrected chi connectivity index (χ4v) is 2.84. The first-order chi connectivity index (χ1) is 11.7. The Bertz CT molecular complexity index is 548. The van der Waals surface area contributed by atoms with Gasteiger partial charge in [0.15, 0.2) is 6.29 Å². The molecule has 4 heteroatoms. The van der Waals surface area contributed by atoms with Crippen molar-refractivity contribution < 1.29 is 19.3 Å². The highest BCUT2D eigenvalue weighted by Crippen LogP contribution is 2.25. The Morgan fingerprint density at radius 3 is 1.92 bits per heavy atom. The Balaban J connectivity index is 1.53. The number of benzene rings is 2. The highest BCUT2D eigenvalue weighted by atomic mass is 16.7. The van der Waals surface area contributed by atoms with Crippen LogP contribution in [0.5, 0.6) is 0 Å². The maximum Gasteiger partial charge on any atom is 0.181 e. The first kappa shape index (κ1) is 17.1. The number of aliphatic hydroxyl groups excluding tert-OH is 1. The van der Waals surface area contributed by atoms with Crippen molar-refractivity contribution in [3.8, 4) is 0 Å². The Hall–Kier alpha value is -1.72. The van der Waals surface area contributed by atoms with Crippen LogP contribution < -0.4 is 0 Å². The van der Waals surface area contributed by atoms with Crippen molar-refractivity contribution >= 4 is 0 Å².